The summed E-state index contributed by atoms with van der Waals surface area (Å²) in [5.41, 5.74) is 2.26. The zero-order valence-electron chi connectivity index (χ0n) is 13.8. The van der Waals surface area contributed by atoms with Gasteiger partial charge in [0.25, 0.3) is 5.91 Å². The van der Waals surface area contributed by atoms with Crippen molar-refractivity contribution in [3.05, 3.63) is 59.7 Å². The zero-order valence-corrected chi connectivity index (χ0v) is 13.8. The van der Waals surface area contributed by atoms with Crippen LogP contribution in [0.3, 0.4) is 0 Å². The lowest BCUT2D eigenvalue weighted by Crippen LogP contribution is -2.37. The number of rotatable bonds is 7. The van der Waals surface area contributed by atoms with Crippen LogP contribution in [0.15, 0.2) is 48.5 Å². The quantitative estimate of drug-likeness (QED) is 0.851. The average molecular weight is 313 g/mol. The Morgan fingerprint density at radius 3 is 2.57 bits per heavy atom. The molecule has 0 bridgehead atoms. The molecule has 0 aliphatic rings. The minimum atomic E-state index is -0.521. The Bertz CT molecular complexity index is 655. The predicted molar refractivity (Wildman–Crippen MR) is 90.7 cm³/mol. The number of carbonyl (C=O) groups is 1. The van der Waals surface area contributed by atoms with Gasteiger partial charge in [0, 0.05) is 12.6 Å². The first kappa shape index (κ1) is 16.9. The van der Waals surface area contributed by atoms with E-state index in [-0.39, 0.29) is 5.91 Å². The fraction of sp³-hybridized carbons (Fsp3) is 0.316. The van der Waals surface area contributed by atoms with Crippen molar-refractivity contribution < 1.29 is 14.3 Å². The first-order chi connectivity index (χ1) is 11.1. The van der Waals surface area contributed by atoms with Gasteiger partial charge in [0.1, 0.15) is 11.5 Å². The van der Waals surface area contributed by atoms with Gasteiger partial charge in [-0.15, -0.1) is 0 Å². The van der Waals surface area contributed by atoms with Gasteiger partial charge in [0.2, 0.25) is 0 Å². The minimum absolute atomic E-state index is 0.114. The van der Waals surface area contributed by atoms with Crippen LogP contribution in [0.1, 0.15) is 24.5 Å². The average Bonchev–Trinajstić information content (AvgIpc) is 2.58. The van der Waals surface area contributed by atoms with Crippen molar-refractivity contribution >= 4 is 5.91 Å². The van der Waals surface area contributed by atoms with Crippen molar-refractivity contribution in [3.63, 3.8) is 0 Å². The summed E-state index contributed by atoms with van der Waals surface area (Å²) < 4.78 is 11.0. The van der Waals surface area contributed by atoms with Crippen molar-refractivity contribution in [2.24, 2.45) is 0 Å². The molecule has 0 heterocycles. The minimum Gasteiger partial charge on any atom is -0.497 e. The van der Waals surface area contributed by atoms with Crippen LogP contribution in [0.4, 0.5) is 0 Å². The topological polar surface area (TPSA) is 47.6 Å². The number of carbonyl (C=O) groups excluding carboxylic acids is 1. The van der Waals surface area contributed by atoms with Crippen LogP contribution in [0, 0.1) is 6.92 Å². The molecule has 1 unspecified atom stereocenters. The Morgan fingerprint density at radius 2 is 1.87 bits per heavy atom. The highest BCUT2D eigenvalue weighted by molar-refractivity contribution is 5.81. The molecular formula is C19H23NO3. The molecule has 1 N–H and O–H groups in total. The molecule has 0 saturated carbocycles. The molecule has 2 aromatic rings. The Labute approximate surface area is 137 Å². The monoisotopic (exact) mass is 313 g/mol. The number of methoxy groups -OCH3 is 1. The Kier molecular flexibility index (Phi) is 6.03. The molecule has 122 valence electrons. The highest BCUT2D eigenvalue weighted by Crippen LogP contribution is 2.20. The van der Waals surface area contributed by atoms with Crippen molar-refractivity contribution in [3.8, 4) is 11.5 Å². The number of amides is 1. The van der Waals surface area contributed by atoms with Crippen LogP contribution >= 0.6 is 0 Å². The third kappa shape index (κ3) is 5.02. The molecule has 0 fully saturated rings. The van der Waals surface area contributed by atoms with Gasteiger partial charge in [0.05, 0.1) is 7.11 Å². The van der Waals surface area contributed by atoms with E-state index in [0.717, 1.165) is 5.56 Å². The number of hydrogen-bond acceptors (Lipinski definition) is 3. The lowest BCUT2D eigenvalue weighted by atomic mass is 10.1. The summed E-state index contributed by atoms with van der Waals surface area (Å²) in [6.45, 7) is 4.46. The summed E-state index contributed by atoms with van der Waals surface area (Å²) in [5, 5.41) is 2.93. The van der Waals surface area contributed by atoms with Crippen LogP contribution in [0.25, 0.3) is 0 Å². The Hall–Kier alpha value is -2.49. The molecule has 0 spiro atoms. The molecule has 4 nitrogen and oxygen atoms in total. The summed E-state index contributed by atoms with van der Waals surface area (Å²) in [6.07, 6.45) is 0.0727. The molecule has 0 aliphatic heterocycles. The third-order valence-electron chi connectivity index (χ3n) is 3.53. The SMILES string of the molecule is CCC(Oc1cccc(OC)c1)C(=O)NCc1cccc(C)c1. The summed E-state index contributed by atoms with van der Waals surface area (Å²) in [6, 6.07) is 15.3. The van der Waals surface area contributed by atoms with Crippen LogP contribution in [0.2, 0.25) is 0 Å². The van der Waals surface area contributed by atoms with E-state index in [0.29, 0.717) is 24.5 Å². The van der Waals surface area contributed by atoms with E-state index in [1.807, 2.05) is 50.2 Å². The van der Waals surface area contributed by atoms with E-state index in [2.05, 4.69) is 11.4 Å². The number of hydrogen-bond donors (Lipinski definition) is 1. The number of aryl methyl sites for hydroxylation is 1. The molecule has 23 heavy (non-hydrogen) atoms. The second-order valence-corrected chi connectivity index (χ2v) is 5.40. The molecule has 1 amide bonds. The predicted octanol–water partition coefficient (Wildman–Crippen LogP) is 3.48. The van der Waals surface area contributed by atoms with E-state index < -0.39 is 6.10 Å². The van der Waals surface area contributed by atoms with E-state index in [1.54, 1.807) is 13.2 Å². The largest absolute Gasteiger partial charge is 0.497 e. The second kappa shape index (κ2) is 8.22. The van der Waals surface area contributed by atoms with Crippen molar-refractivity contribution in [2.75, 3.05) is 7.11 Å². The molecule has 4 heteroatoms. The fourth-order valence-corrected chi connectivity index (χ4v) is 2.29. The maximum Gasteiger partial charge on any atom is 0.261 e. The molecule has 0 aliphatic carbocycles. The zero-order chi connectivity index (χ0) is 16.7. The number of ether oxygens (including phenoxy) is 2. The van der Waals surface area contributed by atoms with Gasteiger partial charge >= 0.3 is 0 Å². The highest BCUT2D eigenvalue weighted by Gasteiger charge is 2.18. The molecular weight excluding hydrogens is 290 g/mol. The summed E-state index contributed by atoms with van der Waals surface area (Å²) >= 11 is 0. The first-order valence-corrected chi connectivity index (χ1v) is 7.76. The summed E-state index contributed by atoms with van der Waals surface area (Å²) in [7, 11) is 1.60. The summed E-state index contributed by atoms with van der Waals surface area (Å²) in [5.74, 6) is 1.22. The molecule has 0 saturated heterocycles. The molecule has 0 aromatic heterocycles. The Morgan fingerprint density at radius 1 is 1.13 bits per heavy atom. The number of nitrogens with one attached hydrogen (secondary N) is 1. The standard InChI is InChI=1S/C19H23NO3/c1-4-18(23-17-10-6-9-16(12-17)22-3)19(21)20-13-15-8-5-7-14(2)11-15/h5-12,18H,4,13H2,1-3H3,(H,20,21). The van der Waals surface area contributed by atoms with Gasteiger partial charge in [-0.3, -0.25) is 4.79 Å². The van der Waals surface area contributed by atoms with Crippen LogP contribution in [-0.4, -0.2) is 19.1 Å². The van der Waals surface area contributed by atoms with Crippen molar-refractivity contribution in [1.29, 1.82) is 0 Å². The van der Waals surface area contributed by atoms with Crippen LogP contribution < -0.4 is 14.8 Å². The van der Waals surface area contributed by atoms with E-state index in [1.165, 1.54) is 5.56 Å². The Balaban J connectivity index is 1.95. The first-order valence-electron chi connectivity index (χ1n) is 7.76. The normalized spacial score (nSPS) is 11.6. The summed E-state index contributed by atoms with van der Waals surface area (Å²) in [4.78, 5) is 12.3. The lowest BCUT2D eigenvalue weighted by molar-refractivity contribution is -0.128. The fourth-order valence-electron chi connectivity index (χ4n) is 2.29. The smallest absolute Gasteiger partial charge is 0.261 e. The third-order valence-corrected chi connectivity index (χ3v) is 3.53. The molecule has 1 atom stereocenters. The van der Waals surface area contributed by atoms with Gasteiger partial charge in [-0.25, -0.2) is 0 Å². The van der Waals surface area contributed by atoms with E-state index in [9.17, 15) is 4.79 Å². The van der Waals surface area contributed by atoms with Gasteiger partial charge in [-0.1, -0.05) is 42.8 Å². The number of benzene rings is 2. The maximum absolute atomic E-state index is 12.3. The van der Waals surface area contributed by atoms with Gasteiger partial charge in [-0.2, -0.15) is 0 Å². The van der Waals surface area contributed by atoms with Crippen molar-refractivity contribution in [2.45, 2.75) is 32.9 Å². The maximum atomic E-state index is 12.3. The second-order valence-electron chi connectivity index (χ2n) is 5.40. The van der Waals surface area contributed by atoms with Crippen LogP contribution in [0.5, 0.6) is 11.5 Å². The van der Waals surface area contributed by atoms with Gasteiger partial charge in [0.15, 0.2) is 6.10 Å². The molecule has 2 rings (SSSR count). The van der Waals surface area contributed by atoms with E-state index >= 15 is 0 Å². The van der Waals surface area contributed by atoms with Crippen molar-refractivity contribution in [1.82, 2.24) is 5.32 Å². The lowest BCUT2D eigenvalue weighted by Gasteiger charge is -2.17. The van der Waals surface area contributed by atoms with Gasteiger partial charge in [-0.05, 0) is 31.0 Å². The van der Waals surface area contributed by atoms with Crippen LogP contribution in [-0.2, 0) is 11.3 Å². The molecule has 0 radical (unpaired) electrons. The van der Waals surface area contributed by atoms with Gasteiger partial charge < -0.3 is 14.8 Å². The molecule has 2 aromatic carbocycles. The van der Waals surface area contributed by atoms with E-state index in [4.69, 9.17) is 9.47 Å². The highest BCUT2D eigenvalue weighted by atomic mass is 16.5.